The number of fused-ring (bicyclic) bond motifs is 1. The smallest absolute Gasteiger partial charge is 0.227 e. The number of anilines is 1. The van der Waals surface area contributed by atoms with E-state index >= 15 is 0 Å². The molecule has 5 nitrogen and oxygen atoms in total. The molecule has 2 heterocycles. The molecule has 0 unspecified atom stereocenters. The molecule has 0 amide bonds. The second kappa shape index (κ2) is 5.77. The fourth-order valence-corrected chi connectivity index (χ4v) is 2.67. The van der Waals surface area contributed by atoms with Crippen LogP contribution in [0.15, 0.2) is 66.9 Å². The molecule has 0 aliphatic carbocycles. The summed E-state index contributed by atoms with van der Waals surface area (Å²) in [6, 6.07) is 20.2. The van der Waals surface area contributed by atoms with Crippen LogP contribution in [-0.4, -0.2) is 33.8 Å². The van der Waals surface area contributed by atoms with Gasteiger partial charge in [-0.15, -0.1) is 0 Å². The summed E-state index contributed by atoms with van der Waals surface area (Å²) in [4.78, 5) is 11.4. The number of benzene rings is 2. The zero-order valence-corrected chi connectivity index (χ0v) is 13.6. The number of rotatable bonds is 3. The van der Waals surface area contributed by atoms with Crippen LogP contribution < -0.4 is 4.90 Å². The maximum atomic E-state index is 4.74. The Morgan fingerprint density at radius 3 is 2.17 bits per heavy atom. The second-order valence-electron chi connectivity index (χ2n) is 5.76. The molecule has 2 aromatic heterocycles. The Hall–Kier alpha value is -3.21. The van der Waals surface area contributed by atoms with E-state index in [-0.39, 0.29) is 0 Å². The molecule has 0 aliphatic heterocycles. The van der Waals surface area contributed by atoms with Crippen molar-refractivity contribution in [3.05, 3.63) is 66.9 Å². The van der Waals surface area contributed by atoms with Crippen LogP contribution in [0.2, 0.25) is 0 Å². The standard InChI is InChI=1S/C19H17N5/c1-23(2)19-21-17(14-9-5-3-6-10-14)16-13-20-24(18(16)22-19)15-11-7-4-8-12-15/h3-13H,1-2H3. The summed E-state index contributed by atoms with van der Waals surface area (Å²) in [5.74, 6) is 0.666. The van der Waals surface area contributed by atoms with Gasteiger partial charge in [-0.1, -0.05) is 48.5 Å². The lowest BCUT2D eigenvalue weighted by atomic mass is 10.1. The molecule has 0 atom stereocenters. The van der Waals surface area contributed by atoms with Crippen LogP contribution in [0.1, 0.15) is 0 Å². The molecule has 0 saturated carbocycles. The highest BCUT2D eigenvalue weighted by molar-refractivity contribution is 5.91. The van der Waals surface area contributed by atoms with Crippen LogP contribution >= 0.6 is 0 Å². The average molecular weight is 315 g/mol. The fraction of sp³-hybridized carbons (Fsp3) is 0.105. The molecule has 2 aromatic carbocycles. The first-order chi connectivity index (χ1) is 11.7. The largest absolute Gasteiger partial charge is 0.347 e. The van der Waals surface area contributed by atoms with E-state index in [0.29, 0.717) is 5.95 Å². The molecule has 4 aromatic rings. The van der Waals surface area contributed by atoms with E-state index in [1.54, 1.807) is 0 Å². The number of aromatic nitrogens is 4. The lowest BCUT2D eigenvalue weighted by molar-refractivity contribution is 0.890. The Morgan fingerprint density at radius 1 is 0.833 bits per heavy atom. The van der Waals surface area contributed by atoms with Gasteiger partial charge in [0.15, 0.2) is 5.65 Å². The van der Waals surface area contributed by atoms with E-state index in [4.69, 9.17) is 9.97 Å². The van der Waals surface area contributed by atoms with Gasteiger partial charge in [-0.05, 0) is 12.1 Å². The van der Waals surface area contributed by atoms with E-state index in [2.05, 4.69) is 17.2 Å². The zero-order valence-electron chi connectivity index (χ0n) is 13.6. The van der Waals surface area contributed by atoms with Crippen molar-refractivity contribution in [3.8, 4) is 16.9 Å². The van der Waals surface area contributed by atoms with Crippen molar-refractivity contribution in [2.45, 2.75) is 0 Å². The molecule has 0 bridgehead atoms. The second-order valence-corrected chi connectivity index (χ2v) is 5.76. The summed E-state index contributed by atoms with van der Waals surface area (Å²) in [5, 5.41) is 5.49. The Balaban J connectivity index is 2.02. The molecule has 4 rings (SSSR count). The van der Waals surface area contributed by atoms with Gasteiger partial charge >= 0.3 is 0 Å². The molecule has 0 aliphatic rings. The molecule has 0 saturated heterocycles. The predicted octanol–water partition coefficient (Wildman–Crippen LogP) is 3.55. The van der Waals surface area contributed by atoms with Crippen LogP contribution in [0.5, 0.6) is 0 Å². The molecule has 24 heavy (non-hydrogen) atoms. The quantitative estimate of drug-likeness (QED) is 0.580. The van der Waals surface area contributed by atoms with Gasteiger partial charge in [0.1, 0.15) is 0 Å². The van der Waals surface area contributed by atoms with Crippen LogP contribution in [0.25, 0.3) is 28.0 Å². The van der Waals surface area contributed by atoms with E-state index < -0.39 is 0 Å². The molecule has 0 spiro atoms. The summed E-state index contributed by atoms with van der Waals surface area (Å²) in [7, 11) is 3.89. The summed E-state index contributed by atoms with van der Waals surface area (Å²) < 4.78 is 1.86. The average Bonchev–Trinajstić information content (AvgIpc) is 3.06. The molecule has 0 fully saturated rings. The van der Waals surface area contributed by atoms with Gasteiger partial charge in [0.25, 0.3) is 0 Å². The molecule has 0 N–H and O–H groups in total. The molecule has 5 heteroatoms. The summed E-state index contributed by atoms with van der Waals surface area (Å²) in [5.41, 5.74) is 3.74. The van der Waals surface area contributed by atoms with Crippen LogP contribution in [0.4, 0.5) is 5.95 Å². The molecular formula is C19H17N5. The number of para-hydroxylation sites is 1. The van der Waals surface area contributed by atoms with E-state index in [9.17, 15) is 0 Å². The third kappa shape index (κ3) is 2.40. The first kappa shape index (κ1) is 14.4. The maximum Gasteiger partial charge on any atom is 0.227 e. The van der Waals surface area contributed by atoms with E-state index in [1.807, 2.05) is 78.4 Å². The first-order valence-electron chi connectivity index (χ1n) is 7.78. The van der Waals surface area contributed by atoms with Crippen LogP contribution in [0.3, 0.4) is 0 Å². The van der Waals surface area contributed by atoms with Crippen molar-refractivity contribution in [3.63, 3.8) is 0 Å². The fourth-order valence-electron chi connectivity index (χ4n) is 2.67. The van der Waals surface area contributed by atoms with E-state index in [0.717, 1.165) is 28.0 Å². The first-order valence-corrected chi connectivity index (χ1v) is 7.78. The van der Waals surface area contributed by atoms with Gasteiger partial charge in [-0.3, -0.25) is 0 Å². The minimum atomic E-state index is 0.666. The minimum absolute atomic E-state index is 0.666. The zero-order chi connectivity index (χ0) is 16.5. The highest BCUT2D eigenvalue weighted by atomic mass is 15.3. The maximum absolute atomic E-state index is 4.74. The van der Waals surface area contributed by atoms with Crippen molar-refractivity contribution in [2.75, 3.05) is 19.0 Å². The Bertz CT molecular complexity index is 975. The van der Waals surface area contributed by atoms with Crippen LogP contribution in [0, 0.1) is 0 Å². The Morgan fingerprint density at radius 2 is 1.50 bits per heavy atom. The SMILES string of the molecule is CN(C)c1nc(-c2ccccc2)c2cnn(-c3ccccc3)c2n1. The van der Waals surface area contributed by atoms with Crippen molar-refractivity contribution in [2.24, 2.45) is 0 Å². The third-order valence-corrected chi connectivity index (χ3v) is 3.86. The summed E-state index contributed by atoms with van der Waals surface area (Å²) in [6.45, 7) is 0. The van der Waals surface area contributed by atoms with Crippen molar-refractivity contribution in [1.29, 1.82) is 0 Å². The number of hydrogen-bond acceptors (Lipinski definition) is 4. The van der Waals surface area contributed by atoms with Gasteiger partial charge < -0.3 is 4.90 Å². The van der Waals surface area contributed by atoms with Gasteiger partial charge in [0, 0.05) is 19.7 Å². The van der Waals surface area contributed by atoms with Crippen molar-refractivity contribution in [1.82, 2.24) is 19.7 Å². The van der Waals surface area contributed by atoms with Crippen LogP contribution in [-0.2, 0) is 0 Å². The van der Waals surface area contributed by atoms with Gasteiger partial charge in [0.05, 0.1) is 23.0 Å². The lowest BCUT2D eigenvalue weighted by Gasteiger charge is -2.13. The topological polar surface area (TPSA) is 46.8 Å². The van der Waals surface area contributed by atoms with E-state index in [1.165, 1.54) is 0 Å². The van der Waals surface area contributed by atoms with Gasteiger partial charge in [-0.2, -0.15) is 10.1 Å². The minimum Gasteiger partial charge on any atom is -0.347 e. The Labute approximate surface area is 140 Å². The third-order valence-electron chi connectivity index (χ3n) is 3.86. The lowest BCUT2D eigenvalue weighted by Crippen LogP contribution is -2.13. The predicted molar refractivity (Wildman–Crippen MR) is 96.4 cm³/mol. The number of nitrogens with zero attached hydrogens (tertiary/aromatic N) is 5. The normalized spacial score (nSPS) is 10.9. The van der Waals surface area contributed by atoms with Gasteiger partial charge in [-0.25, -0.2) is 9.67 Å². The molecule has 0 radical (unpaired) electrons. The molecular weight excluding hydrogens is 298 g/mol. The summed E-state index contributed by atoms with van der Waals surface area (Å²) >= 11 is 0. The highest BCUT2D eigenvalue weighted by Gasteiger charge is 2.15. The number of hydrogen-bond donors (Lipinski definition) is 0. The van der Waals surface area contributed by atoms with Crippen molar-refractivity contribution >= 4 is 17.0 Å². The monoisotopic (exact) mass is 315 g/mol. The van der Waals surface area contributed by atoms with Crippen molar-refractivity contribution < 1.29 is 0 Å². The molecule has 118 valence electrons. The highest BCUT2D eigenvalue weighted by Crippen LogP contribution is 2.28. The van der Waals surface area contributed by atoms with Gasteiger partial charge in [0.2, 0.25) is 5.95 Å². The summed E-state index contributed by atoms with van der Waals surface area (Å²) in [6.07, 6.45) is 1.84. The Kier molecular flexibility index (Phi) is 3.46.